The van der Waals surface area contributed by atoms with Crippen LogP contribution < -0.4 is 10.6 Å². The summed E-state index contributed by atoms with van der Waals surface area (Å²) in [4.78, 5) is 14.9. The Labute approximate surface area is 171 Å². The molecule has 0 spiro atoms. The number of rotatable bonds is 8. The Bertz CT molecular complexity index is 877. The molecule has 3 heterocycles. The molecule has 1 saturated heterocycles. The van der Waals surface area contributed by atoms with Crippen LogP contribution in [0.2, 0.25) is 0 Å². The number of hydrogen-bond acceptors (Lipinski definition) is 4. The van der Waals surface area contributed by atoms with Gasteiger partial charge in [-0.25, -0.2) is 4.98 Å². The zero-order valence-corrected chi connectivity index (χ0v) is 17.0. The number of benzene rings is 1. The molecule has 4 rings (SSSR count). The maximum absolute atomic E-state index is 5.69. The highest BCUT2D eigenvalue weighted by atomic mass is 16.3. The highest BCUT2D eigenvalue weighted by Gasteiger charge is 2.25. The van der Waals surface area contributed by atoms with Crippen LogP contribution in [-0.2, 0) is 6.42 Å². The van der Waals surface area contributed by atoms with Gasteiger partial charge in [-0.05, 0) is 56.6 Å². The molecule has 3 aromatic rings. The number of fused-ring (bicyclic) bond motifs is 1. The Morgan fingerprint density at radius 2 is 2.07 bits per heavy atom. The number of likely N-dealkylation sites (tertiary alicyclic amines) is 1. The predicted octanol–water partition coefficient (Wildman–Crippen LogP) is 3.09. The van der Waals surface area contributed by atoms with E-state index in [1.165, 1.54) is 12.8 Å². The number of aromatic amines is 1. The zero-order chi connectivity index (χ0) is 19.9. The number of H-pyrrole nitrogens is 1. The van der Waals surface area contributed by atoms with Gasteiger partial charge in [0.25, 0.3) is 0 Å². The van der Waals surface area contributed by atoms with Crippen LogP contribution in [0.15, 0.2) is 52.1 Å². The van der Waals surface area contributed by atoms with Gasteiger partial charge in [-0.3, -0.25) is 9.89 Å². The van der Waals surface area contributed by atoms with Gasteiger partial charge in [-0.1, -0.05) is 12.1 Å². The molecule has 1 fully saturated rings. The monoisotopic (exact) mass is 394 g/mol. The van der Waals surface area contributed by atoms with E-state index in [9.17, 15) is 0 Å². The number of aliphatic imine (C=N–C) groups is 1. The lowest BCUT2D eigenvalue weighted by Crippen LogP contribution is -2.42. The number of nitrogens with zero attached hydrogens (tertiary/aromatic N) is 3. The van der Waals surface area contributed by atoms with E-state index in [1.54, 1.807) is 6.26 Å². The van der Waals surface area contributed by atoms with E-state index >= 15 is 0 Å². The summed E-state index contributed by atoms with van der Waals surface area (Å²) in [6.45, 7) is 3.86. The van der Waals surface area contributed by atoms with Crippen LogP contribution in [0, 0.1) is 0 Å². The van der Waals surface area contributed by atoms with Crippen LogP contribution in [0.3, 0.4) is 0 Å². The normalized spacial score (nSPS) is 16.4. The van der Waals surface area contributed by atoms with Gasteiger partial charge in [0.05, 0.1) is 23.3 Å². The van der Waals surface area contributed by atoms with E-state index in [0.29, 0.717) is 0 Å². The Hall–Kier alpha value is -2.80. The number of nitrogens with one attached hydrogen (secondary N) is 3. The van der Waals surface area contributed by atoms with Crippen molar-refractivity contribution >= 4 is 17.0 Å². The van der Waals surface area contributed by atoms with Crippen LogP contribution in [0.4, 0.5) is 0 Å². The molecule has 1 aliphatic rings. The van der Waals surface area contributed by atoms with Crippen LogP contribution in [0.5, 0.6) is 0 Å². The smallest absolute Gasteiger partial charge is 0.191 e. The lowest BCUT2D eigenvalue weighted by Gasteiger charge is -2.26. The Balaban J connectivity index is 1.24. The average Bonchev–Trinajstić information content (AvgIpc) is 3.51. The molecular formula is C22H30N6O. The summed E-state index contributed by atoms with van der Waals surface area (Å²) in [5.74, 6) is 2.87. The first-order chi connectivity index (χ1) is 14.3. The number of hydrogen-bond donors (Lipinski definition) is 3. The molecule has 0 aliphatic carbocycles. The largest absolute Gasteiger partial charge is 0.468 e. The van der Waals surface area contributed by atoms with E-state index in [1.807, 2.05) is 31.3 Å². The molecule has 29 heavy (non-hydrogen) atoms. The minimum atomic E-state index is 0.238. The molecule has 1 aliphatic heterocycles. The molecule has 154 valence electrons. The molecular weight excluding hydrogens is 364 g/mol. The summed E-state index contributed by atoms with van der Waals surface area (Å²) in [6, 6.07) is 12.4. The van der Waals surface area contributed by atoms with Crippen molar-refractivity contribution in [2.75, 3.05) is 33.2 Å². The first-order valence-electron chi connectivity index (χ1n) is 10.5. The van der Waals surface area contributed by atoms with Gasteiger partial charge >= 0.3 is 0 Å². The molecule has 2 aromatic heterocycles. The second kappa shape index (κ2) is 9.60. The van der Waals surface area contributed by atoms with Gasteiger partial charge in [0, 0.05) is 26.6 Å². The van der Waals surface area contributed by atoms with Gasteiger partial charge in [0.15, 0.2) is 5.96 Å². The summed E-state index contributed by atoms with van der Waals surface area (Å²) in [7, 11) is 1.81. The quantitative estimate of drug-likeness (QED) is 0.311. The average molecular weight is 395 g/mol. The number of para-hydroxylation sites is 2. The lowest BCUT2D eigenvalue weighted by atomic mass is 10.2. The molecule has 7 nitrogen and oxygen atoms in total. The van der Waals surface area contributed by atoms with Gasteiger partial charge in [0.2, 0.25) is 0 Å². The van der Waals surface area contributed by atoms with Gasteiger partial charge in [-0.15, -0.1) is 0 Å². The molecule has 1 unspecified atom stereocenters. The van der Waals surface area contributed by atoms with Crippen LogP contribution >= 0.6 is 0 Å². The summed E-state index contributed by atoms with van der Waals surface area (Å²) >= 11 is 0. The third kappa shape index (κ3) is 4.98. The molecule has 0 bridgehead atoms. The molecule has 0 amide bonds. The SMILES string of the molecule is CN=C(NCCCc1nc2ccccc2[nH]1)NCC(c1ccco1)N1CCCC1. The first kappa shape index (κ1) is 19.5. The minimum Gasteiger partial charge on any atom is -0.468 e. The molecule has 0 radical (unpaired) electrons. The fraction of sp³-hybridized carbons (Fsp3) is 0.455. The molecule has 1 aromatic carbocycles. The Morgan fingerprint density at radius 1 is 1.21 bits per heavy atom. The standard InChI is InChI=1S/C22H30N6O/c1-23-22(24-12-6-11-21-26-17-8-2-3-9-18(17)27-21)25-16-19(20-10-7-15-29-20)28-13-4-5-14-28/h2-3,7-10,15,19H,4-6,11-14,16H2,1H3,(H,26,27)(H2,23,24,25). The van der Waals surface area contributed by atoms with E-state index in [2.05, 4.69) is 42.6 Å². The molecule has 0 saturated carbocycles. The van der Waals surface area contributed by atoms with E-state index in [4.69, 9.17) is 4.42 Å². The van der Waals surface area contributed by atoms with Crippen LogP contribution in [-0.4, -0.2) is 54.1 Å². The number of guanidine groups is 1. The highest BCUT2D eigenvalue weighted by molar-refractivity contribution is 5.79. The van der Waals surface area contributed by atoms with Crippen molar-refractivity contribution in [3.8, 4) is 0 Å². The predicted molar refractivity (Wildman–Crippen MR) is 116 cm³/mol. The van der Waals surface area contributed by atoms with Crippen LogP contribution in [0.25, 0.3) is 11.0 Å². The van der Waals surface area contributed by atoms with Crippen molar-refractivity contribution in [3.63, 3.8) is 0 Å². The minimum absolute atomic E-state index is 0.238. The van der Waals surface area contributed by atoms with E-state index in [-0.39, 0.29) is 6.04 Å². The number of furan rings is 1. The Kier molecular flexibility index (Phi) is 6.46. The number of imidazole rings is 1. The van der Waals surface area contributed by atoms with Crippen LogP contribution in [0.1, 0.15) is 36.9 Å². The molecule has 3 N–H and O–H groups in total. The lowest BCUT2D eigenvalue weighted by molar-refractivity contribution is 0.215. The van der Waals surface area contributed by atoms with Crippen molar-refractivity contribution in [2.24, 2.45) is 4.99 Å². The zero-order valence-electron chi connectivity index (χ0n) is 17.0. The topological polar surface area (TPSA) is 81.5 Å². The third-order valence-corrected chi connectivity index (χ3v) is 5.46. The van der Waals surface area contributed by atoms with Gasteiger partial charge in [0.1, 0.15) is 11.6 Å². The number of aryl methyl sites for hydroxylation is 1. The number of aromatic nitrogens is 2. The summed E-state index contributed by atoms with van der Waals surface area (Å²) in [6.07, 6.45) is 6.15. The second-order valence-electron chi connectivity index (χ2n) is 7.46. The maximum Gasteiger partial charge on any atom is 0.191 e. The van der Waals surface area contributed by atoms with Crippen molar-refractivity contribution < 1.29 is 4.42 Å². The fourth-order valence-electron chi connectivity index (χ4n) is 3.94. The fourth-order valence-corrected chi connectivity index (χ4v) is 3.94. The first-order valence-corrected chi connectivity index (χ1v) is 10.5. The van der Waals surface area contributed by atoms with Crippen molar-refractivity contribution in [3.05, 3.63) is 54.2 Å². The molecule has 7 heteroatoms. The summed E-state index contributed by atoms with van der Waals surface area (Å²) in [5.41, 5.74) is 2.12. The van der Waals surface area contributed by atoms with Gasteiger partial charge in [-0.2, -0.15) is 0 Å². The summed E-state index contributed by atoms with van der Waals surface area (Å²) < 4.78 is 5.69. The highest BCUT2D eigenvalue weighted by Crippen LogP contribution is 2.24. The second-order valence-corrected chi connectivity index (χ2v) is 7.46. The molecule has 1 atom stereocenters. The van der Waals surface area contributed by atoms with E-state index < -0.39 is 0 Å². The van der Waals surface area contributed by atoms with Crippen molar-refractivity contribution in [1.82, 2.24) is 25.5 Å². The summed E-state index contributed by atoms with van der Waals surface area (Å²) in [5, 5.41) is 6.88. The van der Waals surface area contributed by atoms with E-state index in [0.717, 1.165) is 67.6 Å². The third-order valence-electron chi connectivity index (χ3n) is 5.46. The van der Waals surface area contributed by atoms with Crippen molar-refractivity contribution in [2.45, 2.75) is 31.7 Å². The Morgan fingerprint density at radius 3 is 2.83 bits per heavy atom. The van der Waals surface area contributed by atoms with Crippen molar-refractivity contribution in [1.29, 1.82) is 0 Å². The maximum atomic E-state index is 5.69. The van der Waals surface area contributed by atoms with Gasteiger partial charge < -0.3 is 20.0 Å².